The van der Waals surface area contributed by atoms with Crippen molar-refractivity contribution in [1.29, 1.82) is 0 Å². The molecule has 0 aromatic heterocycles. The molecule has 0 saturated heterocycles. The number of methoxy groups -OCH3 is 3. The molecule has 0 radical (unpaired) electrons. The maximum absolute atomic E-state index is 12.7. The maximum Gasteiger partial charge on any atom is 0.189 e. The molecule has 0 heterocycles. The largest absolute Gasteiger partial charge is 0.497 e. The molecule has 3 rings (SSSR count). The van der Waals surface area contributed by atoms with Gasteiger partial charge in [-0.05, 0) is 42.0 Å². The van der Waals surface area contributed by atoms with Crippen molar-refractivity contribution in [2.45, 2.75) is 6.61 Å². The Bertz CT molecular complexity index is 1020. The highest BCUT2D eigenvalue weighted by atomic mass is 16.5. The van der Waals surface area contributed by atoms with E-state index in [4.69, 9.17) is 18.9 Å². The highest BCUT2D eigenvalue weighted by Crippen LogP contribution is 2.28. The molecule has 5 nitrogen and oxygen atoms in total. The van der Waals surface area contributed by atoms with Gasteiger partial charge in [-0.1, -0.05) is 30.3 Å². The average Bonchev–Trinajstić information content (AvgIpc) is 2.81. The summed E-state index contributed by atoms with van der Waals surface area (Å²) in [5.41, 5.74) is 2.27. The van der Waals surface area contributed by atoms with Crippen LogP contribution in [0.15, 0.2) is 72.8 Å². The smallest absolute Gasteiger partial charge is 0.189 e. The average molecular weight is 404 g/mol. The topological polar surface area (TPSA) is 54.0 Å². The number of rotatable bonds is 9. The molecule has 0 fully saturated rings. The van der Waals surface area contributed by atoms with Crippen LogP contribution in [0.25, 0.3) is 6.08 Å². The lowest BCUT2D eigenvalue weighted by molar-refractivity contribution is 0.104. The lowest BCUT2D eigenvalue weighted by Gasteiger charge is -2.11. The third-order valence-corrected chi connectivity index (χ3v) is 4.55. The zero-order valence-corrected chi connectivity index (χ0v) is 17.3. The van der Waals surface area contributed by atoms with Crippen LogP contribution in [0, 0.1) is 0 Å². The van der Waals surface area contributed by atoms with Gasteiger partial charge in [0, 0.05) is 17.7 Å². The van der Waals surface area contributed by atoms with Gasteiger partial charge in [0.2, 0.25) is 0 Å². The van der Waals surface area contributed by atoms with Gasteiger partial charge in [-0.25, -0.2) is 0 Å². The van der Waals surface area contributed by atoms with Gasteiger partial charge < -0.3 is 18.9 Å². The van der Waals surface area contributed by atoms with E-state index in [0.29, 0.717) is 35.2 Å². The monoisotopic (exact) mass is 404 g/mol. The maximum atomic E-state index is 12.7. The molecule has 0 spiro atoms. The van der Waals surface area contributed by atoms with E-state index in [1.807, 2.05) is 42.5 Å². The van der Waals surface area contributed by atoms with Crippen LogP contribution in [0.3, 0.4) is 0 Å². The van der Waals surface area contributed by atoms with E-state index in [9.17, 15) is 4.79 Å². The summed E-state index contributed by atoms with van der Waals surface area (Å²) < 4.78 is 21.8. The molecule has 0 unspecified atom stereocenters. The van der Waals surface area contributed by atoms with Crippen LogP contribution in [0.4, 0.5) is 0 Å². The Kier molecular flexibility index (Phi) is 7.11. The summed E-state index contributed by atoms with van der Waals surface area (Å²) in [4.78, 5) is 12.7. The minimum atomic E-state index is -0.181. The lowest BCUT2D eigenvalue weighted by Crippen LogP contribution is -2.00. The van der Waals surface area contributed by atoms with E-state index in [1.165, 1.54) is 13.2 Å². The molecule has 0 aliphatic heterocycles. The van der Waals surface area contributed by atoms with E-state index < -0.39 is 0 Å². The van der Waals surface area contributed by atoms with Crippen molar-refractivity contribution in [2.24, 2.45) is 0 Å². The fourth-order valence-electron chi connectivity index (χ4n) is 2.90. The summed E-state index contributed by atoms with van der Waals surface area (Å²) in [6.45, 7) is 0.412. The Morgan fingerprint density at radius 1 is 0.800 bits per heavy atom. The second-order valence-corrected chi connectivity index (χ2v) is 6.44. The van der Waals surface area contributed by atoms with Crippen molar-refractivity contribution in [1.82, 2.24) is 0 Å². The second kappa shape index (κ2) is 10.2. The van der Waals surface area contributed by atoms with Crippen LogP contribution in [0.5, 0.6) is 23.0 Å². The van der Waals surface area contributed by atoms with Gasteiger partial charge in [-0.3, -0.25) is 4.79 Å². The summed E-state index contributed by atoms with van der Waals surface area (Å²) in [7, 11) is 4.69. The number of carbonyl (C=O) groups excluding carboxylic acids is 1. The molecule has 3 aromatic carbocycles. The first-order valence-corrected chi connectivity index (χ1v) is 9.44. The molecule has 154 valence electrons. The van der Waals surface area contributed by atoms with Gasteiger partial charge >= 0.3 is 0 Å². The number of hydrogen-bond donors (Lipinski definition) is 0. The number of benzene rings is 3. The normalized spacial score (nSPS) is 10.6. The zero-order valence-electron chi connectivity index (χ0n) is 17.3. The van der Waals surface area contributed by atoms with Crippen molar-refractivity contribution in [3.8, 4) is 23.0 Å². The number of carbonyl (C=O) groups is 1. The van der Waals surface area contributed by atoms with E-state index in [-0.39, 0.29) is 5.78 Å². The van der Waals surface area contributed by atoms with Crippen LogP contribution >= 0.6 is 0 Å². The van der Waals surface area contributed by atoms with Gasteiger partial charge in [0.1, 0.15) is 29.6 Å². The molecular formula is C25H24O5. The summed E-state index contributed by atoms with van der Waals surface area (Å²) in [5.74, 6) is 2.21. The first-order valence-electron chi connectivity index (χ1n) is 9.44. The first-order chi connectivity index (χ1) is 14.6. The van der Waals surface area contributed by atoms with Gasteiger partial charge in [0.25, 0.3) is 0 Å². The molecule has 0 aliphatic carbocycles. The van der Waals surface area contributed by atoms with Gasteiger partial charge in [0.05, 0.1) is 26.9 Å². The molecule has 0 bridgehead atoms. The van der Waals surface area contributed by atoms with Crippen molar-refractivity contribution >= 4 is 11.9 Å². The van der Waals surface area contributed by atoms with E-state index in [1.54, 1.807) is 44.6 Å². The van der Waals surface area contributed by atoms with E-state index in [2.05, 4.69) is 0 Å². The van der Waals surface area contributed by atoms with E-state index in [0.717, 1.165) is 11.1 Å². The number of allylic oxidation sites excluding steroid dienone is 1. The zero-order chi connectivity index (χ0) is 21.3. The standard InChI is InChI=1S/C25H24O5/c1-27-20-11-9-19(24(15-20)30-17-18-7-5-4-6-8-18)10-14-23(26)22-13-12-21(28-2)16-25(22)29-3/h4-16H,17H2,1-3H3. The number of hydrogen-bond acceptors (Lipinski definition) is 5. The fourth-order valence-corrected chi connectivity index (χ4v) is 2.90. The van der Waals surface area contributed by atoms with Crippen LogP contribution in [0.1, 0.15) is 21.5 Å². The highest BCUT2D eigenvalue weighted by Gasteiger charge is 2.12. The van der Waals surface area contributed by atoms with Gasteiger partial charge in [0.15, 0.2) is 5.78 Å². The third kappa shape index (κ3) is 5.20. The predicted molar refractivity (Wildman–Crippen MR) is 117 cm³/mol. The Balaban J connectivity index is 1.83. The lowest BCUT2D eigenvalue weighted by atomic mass is 10.1. The summed E-state index contributed by atoms with van der Waals surface area (Å²) in [5, 5.41) is 0. The minimum Gasteiger partial charge on any atom is -0.497 e. The van der Waals surface area contributed by atoms with Crippen molar-refractivity contribution in [2.75, 3.05) is 21.3 Å². The number of ketones is 1. The highest BCUT2D eigenvalue weighted by molar-refractivity contribution is 6.08. The molecule has 5 heteroatoms. The van der Waals surface area contributed by atoms with Gasteiger partial charge in [-0.2, -0.15) is 0 Å². The quantitative estimate of drug-likeness (QED) is 0.363. The fraction of sp³-hybridized carbons (Fsp3) is 0.160. The molecule has 0 atom stereocenters. The van der Waals surface area contributed by atoms with Crippen LogP contribution in [-0.4, -0.2) is 27.1 Å². The van der Waals surface area contributed by atoms with Crippen molar-refractivity contribution < 1.29 is 23.7 Å². The first kappa shape index (κ1) is 21.0. The van der Waals surface area contributed by atoms with E-state index >= 15 is 0 Å². The summed E-state index contributed by atoms with van der Waals surface area (Å²) >= 11 is 0. The molecule has 0 aliphatic rings. The molecule has 0 N–H and O–H groups in total. The molecule has 30 heavy (non-hydrogen) atoms. The van der Waals surface area contributed by atoms with Crippen molar-refractivity contribution in [3.63, 3.8) is 0 Å². The summed E-state index contributed by atoms with van der Waals surface area (Å²) in [6, 6.07) is 20.5. The molecular weight excluding hydrogens is 380 g/mol. The minimum absolute atomic E-state index is 0.181. The Morgan fingerprint density at radius 2 is 1.47 bits per heavy atom. The Labute approximate surface area is 176 Å². The SMILES string of the molecule is COc1ccc(C=CC(=O)c2ccc(OC)cc2OC)c(OCc2ccccc2)c1. The predicted octanol–water partition coefficient (Wildman–Crippen LogP) is 5.19. The molecule has 3 aromatic rings. The number of ether oxygens (including phenoxy) is 4. The second-order valence-electron chi connectivity index (χ2n) is 6.44. The Hall–Kier alpha value is -3.73. The van der Waals surface area contributed by atoms with Gasteiger partial charge in [-0.15, -0.1) is 0 Å². The Morgan fingerprint density at radius 3 is 2.13 bits per heavy atom. The molecule has 0 amide bonds. The van der Waals surface area contributed by atoms with Crippen LogP contribution < -0.4 is 18.9 Å². The third-order valence-electron chi connectivity index (χ3n) is 4.55. The van der Waals surface area contributed by atoms with Crippen LogP contribution in [-0.2, 0) is 6.61 Å². The van der Waals surface area contributed by atoms with Crippen molar-refractivity contribution in [3.05, 3.63) is 89.5 Å². The summed E-state index contributed by atoms with van der Waals surface area (Å²) in [6.07, 6.45) is 3.23. The van der Waals surface area contributed by atoms with Crippen LogP contribution in [0.2, 0.25) is 0 Å². The molecule has 0 saturated carbocycles.